The van der Waals surface area contributed by atoms with Gasteiger partial charge >= 0.3 is 0 Å². The standard InChI is InChI=1S/C18H30N4.HI/c1-3-19-18(21-17-11-7-8-12-17)20-13-14-22(2)15-16-9-5-4-6-10-16;/h4-6,9-10,17H,3,7-8,11-15H2,1-2H3,(H2,19,20,21);1H. The highest BCUT2D eigenvalue weighted by atomic mass is 127. The van der Waals surface area contributed by atoms with Gasteiger partial charge in [-0.15, -0.1) is 24.0 Å². The molecule has 2 N–H and O–H groups in total. The number of hydrogen-bond donors (Lipinski definition) is 2. The summed E-state index contributed by atoms with van der Waals surface area (Å²) in [4.78, 5) is 7.03. The van der Waals surface area contributed by atoms with Crippen LogP contribution >= 0.6 is 24.0 Å². The van der Waals surface area contributed by atoms with Crippen LogP contribution in [-0.2, 0) is 6.54 Å². The number of guanidine groups is 1. The second kappa shape index (κ2) is 11.7. The van der Waals surface area contributed by atoms with E-state index in [-0.39, 0.29) is 24.0 Å². The Morgan fingerprint density at radius 3 is 2.57 bits per heavy atom. The van der Waals surface area contributed by atoms with Gasteiger partial charge in [0.2, 0.25) is 0 Å². The fourth-order valence-electron chi connectivity index (χ4n) is 2.89. The number of nitrogens with zero attached hydrogens (tertiary/aromatic N) is 2. The lowest BCUT2D eigenvalue weighted by atomic mass is 10.2. The van der Waals surface area contributed by atoms with Gasteiger partial charge in [0.25, 0.3) is 0 Å². The molecule has 1 saturated carbocycles. The minimum atomic E-state index is 0. The topological polar surface area (TPSA) is 39.7 Å². The smallest absolute Gasteiger partial charge is 0.191 e. The lowest BCUT2D eigenvalue weighted by molar-refractivity contribution is 0.336. The maximum Gasteiger partial charge on any atom is 0.191 e. The number of nitrogens with one attached hydrogen (secondary N) is 2. The van der Waals surface area contributed by atoms with Gasteiger partial charge in [0.05, 0.1) is 6.54 Å². The van der Waals surface area contributed by atoms with E-state index in [0.29, 0.717) is 6.04 Å². The third-order valence-electron chi connectivity index (χ3n) is 4.09. The van der Waals surface area contributed by atoms with Crippen molar-refractivity contribution < 1.29 is 0 Å². The second-order valence-electron chi connectivity index (χ2n) is 6.11. The van der Waals surface area contributed by atoms with Crippen molar-refractivity contribution in [2.75, 3.05) is 26.7 Å². The number of rotatable bonds is 7. The highest BCUT2D eigenvalue weighted by molar-refractivity contribution is 14.0. The molecule has 1 fully saturated rings. The van der Waals surface area contributed by atoms with Gasteiger partial charge in [-0.1, -0.05) is 43.2 Å². The molecule has 0 amide bonds. The molecule has 4 nitrogen and oxygen atoms in total. The Balaban J connectivity index is 0.00000264. The van der Waals surface area contributed by atoms with Gasteiger partial charge in [-0.3, -0.25) is 4.99 Å². The zero-order chi connectivity index (χ0) is 15.6. The summed E-state index contributed by atoms with van der Waals surface area (Å²) >= 11 is 0. The minimum Gasteiger partial charge on any atom is -0.357 e. The average molecular weight is 430 g/mol. The molecule has 0 spiro atoms. The van der Waals surface area contributed by atoms with Crippen LogP contribution in [0.4, 0.5) is 0 Å². The van der Waals surface area contributed by atoms with Gasteiger partial charge in [-0.2, -0.15) is 0 Å². The van der Waals surface area contributed by atoms with Crippen LogP contribution in [0.3, 0.4) is 0 Å². The molecule has 23 heavy (non-hydrogen) atoms. The van der Waals surface area contributed by atoms with Crippen LogP contribution in [0.15, 0.2) is 35.3 Å². The predicted octanol–water partition coefficient (Wildman–Crippen LogP) is 3.23. The fraction of sp³-hybridized carbons (Fsp3) is 0.611. The SMILES string of the molecule is CCNC(=NCCN(C)Cc1ccccc1)NC1CCCC1.I. The molecule has 5 heteroatoms. The van der Waals surface area contributed by atoms with Gasteiger partial charge in [0, 0.05) is 25.7 Å². The molecule has 130 valence electrons. The third-order valence-corrected chi connectivity index (χ3v) is 4.09. The number of likely N-dealkylation sites (N-methyl/N-ethyl adjacent to an activating group) is 1. The van der Waals surface area contributed by atoms with Crippen LogP contribution in [0.1, 0.15) is 38.2 Å². The van der Waals surface area contributed by atoms with E-state index in [1.165, 1.54) is 31.2 Å². The maximum absolute atomic E-state index is 4.71. The van der Waals surface area contributed by atoms with E-state index >= 15 is 0 Å². The van der Waals surface area contributed by atoms with Crippen LogP contribution in [0.25, 0.3) is 0 Å². The summed E-state index contributed by atoms with van der Waals surface area (Å²) in [6.45, 7) is 5.80. The molecule has 0 aromatic heterocycles. The zero-order valence-electron chi connectivity index (χ0n) is 14.4. The van der Waals surface area contributed by atoms with Gasteiger partial charge in [-0.05, 0) is 32.4 Å². The van der Waals surface area contributed by atoms with E-state index in [9.17, 15) is 0 Å². The van der Waals surface area contributed by atoms with Gasteiger partial charge in [-0.25, -0.2) is 0 Å². The summed E-state index contributed by atoms with van der Waals surface area (Å²) in [5.74, 6) is 0.975. The van der Waals surface area contributed by atoms with E-state index in [2.05, 4.69) is 59.8 Å². The Morgan fingerprint density at radius 2 is 1.91 bits per heavy atom. The molecule has 1 aromatic rings. The Bertz CT molecular complexity index is 444. The quantitative estimate of drug-likeness (QED) is 0.397. The summed E-state index contributed by atoms with van der Waals surface area (Å²) in [6.07, 6.45) is 5.24. The Hall–Kier alpha value is -0.820. The predicted molar refractivity (Wildman–Crippen MR) is 110 cm³/mol. The van der Waals surface area contributed by atoms with Crippen molar-refractivity contribution in [1.82, 2.24) is 15.5 Å². The first-order chi connectivity index (χ1) is 10.8. The number of hydrogen-bond acceptors (Lipinski definition) is 2. The first kappa shape index (κ1) is 20.2. The molecule has 0 atom stereocenters. The summed E-state index contributed by atoms with van der Waals surface area (Å²) in [6, 6.07) is 11.2. The average Bonchev–Trinajstić information content (AvgIpc) is 3.01. The van der Waals surface area contributed by atoms with Crippen LogP contribution in [0.2, 0.25) is 0 Å². The van der Waals surface area contributed by atoms with E-state index < -0.39 is 0 Å². The van der Waals surface area contributed by atoms with E-state index in [1.807, 2.05) is 0 Å². The van der Waals surface area contributed by atoms with E-state index in [0.717, 1.165) is 32.1 Å². The first-order valence-corrected chi connectivity index (χ1v) is 8.55. The molecule has 0 bridgehead atoms. The molecular weight excluding hydrogens is 399 g/mol. The van der Waals surface area contributed by atoms with Crippen molar-refractivity contribution in [3.8, 4) is 0 Å². The molecule has 1 aliphatic carbocycles. The van der Waals surface area contributed by atoms with Crippen molar-refractivity contribution in [3.05, 3.63) is 35.9 Å². The largest absolute Gasteiger partial charge is 0.357 e. The number of benzene rings is 1. The molecule has 0 heterocycles. The fourth-order valence-corrected chi connectivity index (χ4v) is 2.89. The summed E-state index contributed by atoms with van der Waals surface area (Å²) in [5, 5.41) is 6.91. The third kappa shape index (κ3) is 8.01. The summed E-state index contributed by atoms with van der Waals surface area (Å²) in [7, 11) is 2.15. The Morgan fingerprint density at radius 1 is 1.22 bits per heavy atom. The molecule has 2 rings (SSSR count). The highest BCUT2D eigenvalue weighted by Crippen LogP contribution is 2.17. The summed E-state index contributed by atoms with van der Waals surface area (Å²) < 4.78 is 0. The lowest BCUT2D eigenvalue weighted by Crippen LogP contribution is -2.42. The number of aliphatic imine (C=N–C) groups is 1. The molecule has 0 aliphatic heterocycles. The van der Waals surface area contributed by atoms with Gasteiger partial charge in [0.15, 0.2) is 5.96 Å². The maximum atomic E-state index is 4.71. The zero-order valence-corrected chi connectivity index (χ0v) is 16.8. The molecular formula is C18H31IN4. The highest BCUT2D eigenvalue weighted by Gasteiger charge is 2.15. The molecule has 1 aliphatic rings. The Labute approximate surface area is 158 Å². The molecule has 1 aromatic carbocycles. The summed E-state index contributed by atoms with van der Waals surface area (Å²) in [5.41, 5.74) is 1.35. The normalized spacial score (nSPS) is 15.5. The molecule has 0 saturated heterocycles. The molecule has 0 unspecified atom stereocenters. The van der Waals surface area contributed by atoms with Crippen LogP contribution in [0.5, 0.6) is 0 Å². The van der Waals surface area contributed by atoms with Crippen molar-refractivity contribution in [2.24, 2.45) is 4.99 Å². The van der Waals surface area contributed by atoms with Crippen LogP contribution in [0, 0.1) is 0 Å². The number of halogens is 1. The van der Waals surface area contributed by atoms with Crippen molar-refractivity contribution >= 4 is 29.9 Å². The van der Waals surface area contributed by atoms with Crippen LogP contribution in [-0.4, -0.2) is 43.6 Å². The van der Waals surface area contributed by atoms with Crippen molar-refractivity contribution in [3.63, 3.8) is 0 Å². The minimum absolute atomic E-state index is 0. The van der Waals surface area contributed by atoms with Gasteiger partial charge in [0.1, 0.15) is 0 Å². The van der Waals surface area contributed by atoms with Gasteiger partial charge < -0.3 is 15.5 Å². The lowest BCUT2D eigenvalue weighted by Gasteiger charge is -2.18. The first-order valence-electron chi connectivity index (χ1n) is 8.55. The van der Waals surface area contributed by atoms with Crippen molar-refractivity contribution in [1.29, 1.82) is 0 Å². The molecule has 0 radical (unpaired) electrons. The monoisotopic (exact) mass is 430 g/mol. The second-order valence-corrected chi connectivity index (χ2v) is 6.11. The van der Waals surface area contributed by atoms with E-state index in [4.69, 9.17) is 4.99 Å². The van der Waals surface area contributed by atoms with Crippen molar-refractivity contribution in [2.45, 2.75) is 45.2 Å². The Kier molecular flexibility index (Phi) is 10.3. The van der Waals surface area contributed by atoms with E-state index in [1.54, 1.807) is 0 Å². The van der Waals surface area contributed by atoms with Crippen LogP contribution < -0.4 is 10.6 Å².